The molecule has 0 radical (unpaired) electrons. The highest BCUT2D eigenvalue weighted by Crippen LogP contribution is 2.64. The quantitative estimate of drug-likeness (QED) is 0.291. The molecular weight excluding hydrogens is 564 g/mol. The number of nitrogens with zero attached hydrogens (tertiary/aromatic N) is 2. The molecule has 43 heavy (non-hydrogen) atoms. The van der Waals surface area contributed by atoms with Crippen molar-refractivity contribution in [3.05, 3.63) is 107 Å². The fourth-order valence-corrected chi connectivity index (χ4v) is 8.13. The number of carbonyl (C=O) groups excluding carboxylic acids is 4. The number of hydrogen-bond acceptors (Lipinski definition) is 5. The highest BCUT2D eigenvalue weighted by Gasteiger charge is 2.68. The molecule has 8 heteroatoms. The van der Waals surface area contributed by atoms with Crippen LogP contribution in [0.15, 0.2) is 91.0 Å². The van der Waals surface area contributed by atoms with Crippen molar-refractivity contribution in [2.75, 3.05) is 9.80 Å². The third kappa shape index (κ3) is 3.80. The topological polar surface area (TPSA) is 95.0 Å². The van der Waals surface area contributed by atoms with Crippen molar-refractivity contribution in [3.8, 4) is 5.75 Å². The number of carbonyl (C=O) groups is 4. The summed E-state index contributed by atoms with van der Waals surface area (Å²) in [6, 6.07) is 20.6. The molecule has 3 aromatic rings. The molecule has 1 N–H and O–H groups in total. The molecule has 0 spiro atoms. The molecule has 6 atom stereocenters. The monoisotopic (exact) mass is 592 g/mol. The van der Waals surface area contributed by atoms with Crippen molar-refractivity contribution in [2.24, 2.45) is 29.1 Å². The van der Waals surface area contributed by atoms with Crippen LogP contribution in [0.4, 0.5) is 11.4 Å². The van der Waals surface area contributed by atoms with Crippen LogP contribution in [0.1, 0.15) is 36.8 Å². The number of fused-ring (bicyclic) bond motifs is 4. The maximum atomic E-state index is 14.4. The molecule has 4 aliphatic rings. The summed E-state index contributed by atoms with van der Waals surface area (Å²) < 4.78 is 0. The Morgan fingerprint density at radius 1 is 0.884 bits per heavy atom. The summed E-state index contributed by atoms with van der Waals surface area (Å²) in [5.41, 5.74) is 1.79. The number of phenols is 1. The smallest absolute Gasteiger partial charge is 0.241 e. The second kappa shape index (κ2) is 9.78. The van der Waals surface area contributed by atoms with E-state index in [2.05, 4.69) is 6.58 Å². The van der Waals surface area contributed by atoms with Crippen LogP contribution in [-0.2, 0) is 19.2 Å². The molecule has 7 nitrogen and oxygen atoms in total. The van der Waals surface area contributed by atoms with Gasteiger partial charge in [-0.25, -0.2) is 4.90 Å². The number of amides is 4. The molecule has 0 bridgehead atoms. The maximum absolute atomic E-state index is 14.4. The average molecular weight is 593 g/mol. The fraction of sp³-hybridized carbons (Fsp3) is 0.257. The lowest BCUT2D eigenvalue weighted by Gasteiger charge is -2.49. The maximum Gasteiger partial charge on any atom is 0.241 e. The van der Waals surface area contributed by atoms with E-state index in [1.54, 1.807) is 73.7 Å². The van der Waals surface area contributed by atoms with Gasteiger partial charge in [-0.15, -0.1) is 0 Å². The summed E-state index contributed by atoms with van der Waals surface area (Å²) in [7, 11) is 0. The van der Waals surface area contributed by atoms with Gasteiger partial charge in [0.1, 0.15) is 5.75 Å². The predicted octanol–water partition coefficient (Wildman–Crippen LogP) is 6.12. The van der Waals surface area contributed by atoms with E-state index in [9.17, 15) is 24.3 Å². The minimum atomic E-state index is -1.25. The average Bonchev–Trinajstić information content (AvgIpc) is 3.38. The normalized spacial score (nSPS) is 29.7. The summed E-state index contributed by atoms with van der Waals surface area (Å²) in [5, 5.41) is 11.5. The van der Waals surface area contributed by atoms with Crippen LogP contribution in [-0.4, -0.2) is 28.7 Å². The molecule has 3 aromatic carbocycles. The highest BCUT2D eigenvalue weighted by atomic mass is 35.5. The van der Waals surface area contributed by atoms with E-state index in [1.807, 2.05) is 12.1 Å². The summed E-state index contributed by atoms with van der Waals surface area (Å²) in [6.07, 6.45) is 4.19. The van der Waals surface area contributed by atoms with Gasteiger partial charge in [0, 0.05) is 16.5 Å². The molecule has 1 saturated carbocycles. The molecule has 2 aliphatic heterocycles. The Balaban J connectivity index is 1.37. The molecule has 0 aromatic heterocycles. The van der Waals surface area contributed by atoms with Crippen LogP contribution in [0, 0.1) is 29.1 Å². The minimum Gasteiger partial charge on any atom is -0.508 e. The van der Waals surface area contributed by atoms with Gasteiger partial charge in [-0.2, -0.15) is 0 Å². The first-order valence-electron chi connectivity index (χ1n) is 14.4. The molecule has 4 amide bonds. The second-order valence-electron chi connectivity index (χ2n) is 12.0. The Labute approximate surface area is 254 Å². The van der Waals surface area contributed by atoms with Crippen LogP contribution < -0.4 is 9.80 Å². The summed E-state index contributed by atoms with van der Waals surface area (Å²) >= 11 is 6.42. The number of imide groups is 2. The van der Waals surface area contributed by atoms with Gasteiger partial charge in [0.25, 0.3) is 0 Å². The second-order valence-corrected chi connectivity index (χ2v) is 12.4. The number of rotatable bonds is 4. The number of para-hydroxylation sites is 1. The molecule has 2 aliphatic carbocycles. The van der Waals surface area contributed by atoms with Crippen molar-refractivity contribution in [3.63, 3.8) is 0 Å². The van der Waals surface area contributed by atoms with Gasteiger partial charge in [-0.1, -0.05) is 66.2 Å². The largest absolute Gasteiger partial charge is 0.508 e. The number of phenolic OH excluding ortho intramolecular Hbond substituents is 1. The lowest BCUT2D eigenvalue weighted by Crippen LogP contribution is -2.48. The lowest BCUT2D eigenvalue weighted by atomic mass is 9.51. The Hall–Kier alpha value is -4.49. The van der Waals surface area contributed by atoms with Crippen molar-refractivity contribution >= 4 is 52.7 Å². The van der Waals surface area contributed by atoms with Gasteiger partial charge >= 0.3 is 0 Å². The Morgan fingerprint density at radius 2 is 1.58 bits per heavy atom. The van der Waals surface area contributed by atoms with Gasteiger partial charge < -0.3 is 5.11 Å². The molecule has 2 heterocycles. The number of benzene rings is 3. The molecular formula is C35H29ClN2O5. The van der Waals surface area contributed by atoms with Crippen molar-refractivity contribution in [1.29, 1.82) is 0 Å². The van der Waals surface area contributed by atoms with E-state index in [-0.39, 0.29) is 35.8 Å². The third-order valence-corrected chi connectivity index (χ3v) is 10.2. The van der Waals surface area contributed by atoms with Gasteiger partial charge in [0.2, 0.25) is 23.6 Å². The standard InChI is InChI=1S/C35H29ClN2O5/c1-3-19-9-12-22(13-10-19)37-31(40)24-15-14-23-25(29(24)33(37)42)18-27-32(41)38(21-7-5-4-6-8-21)34(43)35(27,2)30(23)26-17-20(36)11-16-28(26)39/h3-14,16-17,24-25,27,29-30,39H,1,15,18H2,2H3/t24-,25+,27-,29-,30+,35+/m0/s1. The van der Waals surface area contributed by atoms with Crippen molar-refractivity contribution in [2.45, 2.75) is 25.7 Å². The Kier molecular flexibility index (Phi) is 6.22. The predicted molar refractivity (Wildman–Crippen MR) is 163 cm³/mol. The van der Waals surface area contributed by atoms with Gasteiger partial charge in [-0.3, -0.25) is 24.1 Å². The first-order valence-corrected chi connectivity index (χ1v) is 14.8. The van der Waals surface area contributed by atoms with Gasteiger partial charge in [0.15, 0.2) is 0 Å². The Morgan fingerprint density at radius 3 is 2.28 bits per heavy atom. The fourth-order valence-electron chi connectivity index (χ4n) is 7.95. The van der Waals surface area contributed by atoms with E-state index in [1.165, 1.54) is 15.9 Å². The zero-order valence-corrected chi connectivity index (χ0v) is 24.2. The lowest BCUT2D eigenvalue weighted by molar-refractivity contribution is -0.131. The number of anilines is 2. The van der Waals surface area contributed by atoms with Crippen LogP contribution in [0.3, 0.4) is 0 Å². The van der Waals surface area contributed by atoms with E-state index >= 15 is 0 Å². The minimum absolute atomic E-state index is 0.0470. The third-order valence-electron chi connectivity index (χ3n) is 9.98. The first kappa shape index (κ1) is 27.3. The summed E-state index contributed by atoms with van der Waals surface area (Å²) in [5.74, 6) is -4.63. The van der Waals surface area contributed by atoms with E-state index < -0.39 is 35.0 Å². The van der Waals surface area contributed by atoms with E-state index in [0.717, 1.165) is 11.1 Å². The van der Waals surface area contributed by atoms with Crippen LogP contribution in [0.25, 0.3) is 6.08 Å². The first-order chi connectivity index (χ1) is 20.7. The molecule has 216 valence electrons. The Bertz CT molecular complexity index is 1750. The molecule has 7 rings (SSSR count). The molecule has 0 unspecified atom stereocenters. The van der Waals surface area contributed by atoms with Crippen molar-refractivity contribution in [1.82, 2.24) is 0 Å². The van der Waals surface area contributed by atoms with Crippen molar-refractivity contribution < 1.29 is 24.3 Å². The summed E-state index contributed by atoms with van der Waals surface area (Å²) in [6.45, 7) is 5.55. The molecule has 2 saturated heterocycles. The SMILES string of the molecule is C=Cc1ccc(N2C(=O)[C@H]3[C@H](CC=C4[C@H]3C[C@H]3C(=O)N(c5ccccc5)C(=O)[C@@]3(C)[C@H]4c3cc(Cl)ccc3O)C2=O)cc1. The number of halogens is 1. The van der Waals surface area contributed by atoms with Gasteiger partial charge in [-0.05, 0) is 73.7 Å². The highest BCUT2D eigenvalue weighted by molar-refractivity contribution is 6.30. The zero-order valence-electron chi connectivity index (χ0n) is 23.4. The molecule has 3 fully saturated rings. The van der Waals surface area contributed by atoms with Gasteiger partial charge in [0.05, 0.1) is 34.5 Å². The van der Waals surface area contributed by atoms with Crippen LogP contribution in [0.2, 0.25) is 5.02 Å². The van der Waals surface area contributed by atoms with E-state index in [4.69, 9.17) is 11.6 Å². The summed E-state index contributed by atoms with van der Waals surface area (Å²) in [4.78, 5) is 59.0. The number of allylic oxidation sites excluding steroid dienone is 2. The number of hydrogen-bond donors (Lipinski definition) is 1. The van der Waals surface area contributed by atoms with E-state index in [0.29, 0.717) is 28.4 Å². The number of aromatic hydroxyl groups is 1. The van der Waals surface area contributed by atoms with Crippen LogP contribution >= 0.6 is 11.6 Å². The van der Waals surface area contributed by atoms with Crippen LogP contribution in [0.5, 0.6) is 5.75 Å². The zero-order chi connectivity index (χ0) is 30.2.